The molecule has 0 aliphatic rings. The van der Waals surface area contributed by atoms with E-state index >= 15 is 0 Å². The summed E-state index contributed by atoms with van der Waals surface area (Å²) in [5.74, 6) is -0.999. The quantitative estimate of drug-likeness (QED) is 0.818. The zero-order valence-corrected chi connectivity index (χ0v) is 11.0. The molecule has 0 heterocycles. The summed E-state index contributed by atoms with van der Waals surface area (Å²) in [5, 5.41) is 4.57. The topological polar surface area (TPSA) is 76.7 Å². The third-order valence-corrected chi connectivity index (χ3v) is 2.04. The minimum absolute atomic E-state index is 0.197. The molecule has 0 unspecified atom stereocenters. The average Bonchev–Trinajstić information content (AvgIpc) is 2.37. The highest BCUT2D eigenvalue weighted by Crippen LogP contribution is 2.23. The van der Waals surface area contributed by atoms with Gasteiger partial charge in [0.1, 0.15) is 12.3 Å². The number of rotatable bonds is 5. The van der Waals surface area contributed by atoms with Crippen molar-refractivity contribution in [3.63, 3.8) is 0 Å². The molecule has 0 bridgehead atoms. The molecule has 21 heavy (non-hydrogen) atoms. The zero-order chi connectivity index (χ0) is 15.9. The molecule has 6 nitrogen and oxygen atoms in total. The molecule has 1 aromatic rings. The molecule has 2 N–H and O–H groups in total. The van der Waals surface area contributed by atoms with Gasteiger partial charge in [-0.15, -0.1) is 13.2 Å². The molecule has 1 rings (SSSR count). The Hall–Kier alpha value is -2.45. The number of nitrogens with one attached hydrogen (secondary N) is 2. The summed E-state index contributed by atoms with van der Waals surface area (Å²) < 4.78 is 44.1. The number of ether oxygens (including phenoxy) is 2. The summed E-state index contributed by atoms with van der Waals surface area (Å²) in [6, 6.07) is 3.87. The fraction of sp³-hybridized carbons (Fsp3) is 0.333. The predicted molar refractivity (Wildman–Crippen MR) is 66.8 cm³/mol. The molecule has 0 radical (unpaired) electrons. The van der Waals surface area contributed by atoms with Gasteiger partial charge in [0, 0.05) is 5.69 Å². The van der Waals surface area contributed by atoms with Crippen LogP contribution in [0.5, 0.6) is 5.75 Å². The number of hydrogen-bond acceptors (Lipinski definition) is 4. The molecule has 1 aromatic carbocycles. The number of urea groups is 1. The fourth-order valence-electron chi connectivity index (χ4n) is 1.28. The highest BCUT2D eigenvalue weighted by molar-refractivity contribution is 5.91. The van der Waals surface area contributed by atoms with E-state index in [1.807, 2.05) is 0 Å². The first kappa shape index (κ1) is 16.6. The maximum Gasteiger partial charge on any atom is 0.573 e. The number of halogens is 3. The number of amides is 2. The van der Waals surface area contributed by atoms with Crippen LogP contribution in [0.2, 0.25) is 0 Å². The summed E-state index contributed by atoms with van der Waals surface area (Å²) in [5.41, 5.74) is 0.242. The lowest BCUT2D eigenvalue weighted by Gasteiger charge is -2.10. The number of esters is 1. The second-order valence-corrected chi connectivity index (χ2v) is 3.68. The number of anilines is 1. The van der Waals surface area contributed by atoms with E-state index in [-0.39, 0.29) is 18.8 Å². The SMILES string of the molecule is CCOC(=O)CNC(=O)Nc1ccc(OC(F)(F)F)cc1. The summed E-state index contributed by atoms with van der Waals surface area (Å²) in [7, 11) is 0. The van der Waals surface area contributed by atoms with Crippen molar-refractivity contribution in [3.05, 3.63) is 24.3 Å². The Balaban J connectivity index is 2.44. The van der Waals surface area contributed by atoms with Gasteiger partial charge in [-0.25, -0.2) is 4.79 Å². The van der Waals surface area contributed by atoms with Crippen LogP contribution in [0.25, 0.3) is 0 Å². The van der Waals surface area contributed by atoms with Gasteiger partial charge in [-0.1, -0.05) is 0 Å². The Kier molecular flexibility index (Phi) is 5.82. The second kappa shape index (κ2) is 7.36. The third kappa shape index (κ3) is 7.04. The first-order valence-electron chi connectivity index (χ1n) is 5.86. The van der Waals surface area contributed by atoms with Gasteiger partial charge in [0.25, 0.3) is 0 Å². The number of benzene rings is 1. The zero-order valence-electron chi connectivity index (χ0n) is 11.0. The lowest BCUT2D eigenvalue weighted by Crippen LogP contribution is -2.34. The molecule has 0 saturated heterocycles. The van der Waals surface area contributed by atoms with E-state index in [4.69, 9.17) is 0 Å². The van der Waals surface area contributed by atoms with E-state index in [1.165, 1.54) is 12.1 Å². The first-order chi connectivity index (χ1) is 9.80. The standard InChI is InChI=1S/C12H13F3N2O4/c1-2-20-10(18)7-16-11(19)17-8-3-5-9(6-4-8)21-12(13,14)15/h3-6H,2,7H2,1H3,(H2,16,17,19). The van der Waals surface area contributed by atoms with Crippen molar-refractivity contribution in [1.29, 1.82) is 0 Å². The summed E-state index contributed by atoms with van der Waals surface area (Å²) in [6.07, 6.45) is -4.77. The maximum absolute atomic E-state index is 11.9. The third-order valence-electron chi connectivity index (χ3n) is 2.04. The molecule has 0 saturated carbocycles. The lowest BCUT2D eigenvalue weighted by molar-refractivity contribution is -0.274. The summed E-state index contributed by atoms with van der Waals surface area (Å²) >= 11 is 0. The van der Waals surface area contributed by atoms with Crippen molar-refractivity contribution in [2.75, 3.05) is 18.5 Å². The molecule has 9 heteroatoms. The van der Waals surface area contributed by atoms with Crippen molar-refractivity contribution in [2.45, 2.75) is 13.3 Å². The van der Waals surface area contributed by atoms with Gasteiger partial charge >= 0.3 is 18.4 Å². The van der Waals surface area contributed by atoms with Crippen molar-refractivity contribution in [1.82, 2.24) is 5.32 Å². The molecule has 0 spiro atoms. The molecule has 0 aliphatic heterocycles. The highest BCUT2D eigenvalue weighted by Gasteiger charge is 2.30. The van der Waals surface area contributed by atoms with Crippen LogP contribution in [0, 0.1) is 0 Å². The van der Waals surface area contributed by atoms with Gasteiger partial charge in [-0.05, 0) is 31.2 Å². The Labute approximate surface area is 118 Å². The van der Waals surface area contributed by atoms with Crippen LogP contribution in [0.15, 0.2) is 24.3 Å². The molecular formula is C12H13F3N2O4. The minimum atomic E-state index is -4.77. The maximum atomic E-state index is 11.9. The van der Waals surface area contributed by atoms with E-state index in [2.05, 4.69) is 20.1 Å². The summed E-state index contributed by atoms with van der Waals surface area (Å²) in [6.45, 7) is 1.51. The molecule has 116 valence electrons. The van der Waals surface area contributed by atoms with Crippen molar-refractivity contribution < 1.29 is 32.2 Å². The van der Waals surface area contributed by atoms with E-state index in [1.54, 1.807) is 6.92 Å². The van der Waals surface area contributed by atoms with Gasteiger partial charge in [-0.3, -0.25) is 4.79 Å². The van der Waals surface area contributed by atoms with E-state index in [9.17, 15) is 22.8 Å². The van der Waals surface area contributed by atoms with Crippen LogP contribution >= 0.6 is 0 Å². The van der Waals surface area contributed by atoms with Crippen LogP contribution in [0.1, 0.15) is 6.92 Å². The molecule has 0 aromatic heterocycles. The van der Waals surface area contributed by atoms with E-state index in [0.717, 1.165) is 12.1 Å². The Morgan fingerprint density at radius 1 is 1.19 bits per heavy atom. The number of carbonyl (C=O) groups excluding carboxylic acids is 2. The van der Waals surface area contributed by atoms with Crippen molar-refractivity contribution >= 4 is 17.7 Å². The largest absolute Gasteiger partial charge is 0.573 e. The predicted octanol–water partition coefficient (Wildman–Crippen LogP) is 2.27. The van der Waals surface area contributed by atoms with Gasteiger partial charge in [0.15, 0.2) is 0 Å². The Bertz CT molecular complexity index is 488. The first-order valence-corrected chi connectivity index (χ1v) is 5.86. The number of alkyl halides is 3. The average molecular weight is 306 g/mol. The van der Waals surface area contributed by atoms with Crippen LogP contribution in [-0.2, 0) is 9.53 Å². The monoisotopic (exact) mass is 306 g/mol. The van der Waals surface area contributed by atoms with Crippen molar-refractivity contribution in [2.24, 2.45) is 0 Å². The van der Waals surface area contributed by atoms with Gasteiger partial charge in [0.05, 0.1) is 6.61 Å². The van der Waals surface area contributed by atoms with E-state index in [0.29, 0.717) is 0 Å². The van der Waals surface area contributed by atoms with Gasteiger partial charge < -0.3 is 20.1 Å². The second-order valence-electron chi connectivity index (χ2n) is 3.68. The molecule has 2 amide bonds. The summed E-state index contributed by atoms with van der Waals surface area (Å²) in [4.78, 5) is 22.4. The normalized spacial score (nSPS) is 10.7. The van der Waals surface area contributed by atoms with Crippen molar-refractivity contribution in [3.8, 4) is 5.75 Å². The smallest absolute Gasteiger partial charge is 0.465 e. The lowest BCUT2D eigenvalue weighted by atomic mass is 10.3. The molecule has 0 atom stereocenters. The molecule has 0 fully saturated rings. The van der Waals surface area contributed by atoms with Gasteiger partial charge in [-0.2, -0.15) is 0 Å². The highest BCUT2D eigenvalue weighted by atomic mass is 19.4. The van der Waals surface area contributed by atoms with Crippen LogP contribution in [-0.4, -0.2) is 31.5 Å². The van der Waals surface area contributed by atoms with Crippen LogP contribution < -0.4 is 15.4 Å². The van der Waals surface area contributed by atoms with E-state index < -0.39 is 24.1 Å². The number of hydrogen-bond donors (Lipinski definition) is 2. The Morgan fingerprint density at radius 3 is 2.33 bits per heavy atom. The molecule has 0 aliphatic carbocycles. The van der Waals surface area contributed by atoms with Crippen LogP contribution in [0.3, 0.4) is 0 Å². The number of carbonyl (C=O) groups is 2. The Morgan fingerprint density at radius 2 is 1.81 bits per heavy atom. The molecular weight excluding hydrogens is 293 g/mol. The van der Waals surface area contributed by atoms with Gasteiger partial charge in [0.2, 0.25) is 0 Å². The minimum Gasteiger partial charge on any atom is -0.465 e. The fourth-order valence-corrected chi connectivity index (χ4v) is 1.28. The van der Waals surface area contributed by atoms with Crippen LogP contribution in [0.4, 0.5) is 23.7 Å².